The van der Waals surface area contributed by atoms with Gasteiger partial charge in [0, 0.05) is 6.07 Å². The largest absolute Gasteiger partial charge is 0.485 e. The van der Waals surface area contributed by atoms with Crippen LogP contribution in [0.25, 0.3) is 0 Å². The molecule has 6 heteroatoms. The summed E-state index contributed by atoms with van der Waals surface area (Å²) in [6, 6.07) is 3.33. The average Bonchev–Trinajstić information content (AvgIpc) is 2.29. The van der Waals surface area contributed by atoms with Crippen LogP contribution in [-0.2, 0) is 0 Å². The van der Waals surface area contributed by atoms with Crippen LogP contribution >= 0.6 is 0 Å². The van der Waals surface area contributed by atoms with Crippen molar-refractivity contribution in [3.05, 3.63) is 17.8 Å². The molecular formula is C9H14N3O3+. The molecule has 0 saturated carbocycles. The van der Waals surface area contributed by atoms with Crippen molar-refractivity contribution in [1.82, 2.24) is 0 Å². The second-order valence-corrected chi connectivity index (χ2v) is 2.69. The Hall–Kier alpha value is -1.98. The summed E-state index contributed by atoms with van der Waals surface area (Å²) in [6.45, 7) is 2.41. The third kappa shape index (κ3) is 2.49. The van der Waals surface area contributed by atoms with Crippen LogP contribution < -0.4 is 20.2 Å². The molecule has 1 heterocycles. The highest BCUT2D eigenvalue weighted by molar-refractivity contribution is 5.93. The summed E-state index contributed by atoms with van der Waals surface area (Å²) < 4.78 is 10.4. The molecular weight excluding hydrogens is 198 g/mol. The minimum Gasteiger partial charge on any atom is -0.485 e. The zero-order valence-corrected chi connectivity index (χ0v) is 8.65. The van der Waals surface area contributed by atoms with Crippen molar-refractivity contribution in [2.24, 2.45) is 10.9 Å². The first kappa shape index (κ1) is 11.1. The molecule has 0 saturated heterocycles. The van der Waals surface area contributed by atoms with Gasteiger partial charge in [-0.1, -0.05) is 5.16 Å². The second-order valence-electron chi connectivity index (χ2n) is 2.69. The monoisotopic (exact) mass is 212 g/mol. The molecule has 0 aromatic carbocycles. The van der Waals surface area contributed by atoms with Crippen LogP contribution in [0.2, 0.25) is 0 Å². The fourth-order valence-corrected chi connectivity index (χ4v) is 1.08. The Morgan fingerprint density at radius 1 is 1.60 bits per heavy atom. The minimum atomic E-state index is -0.0173. The maximum Gasteiger partial charge on any atom is 0.410 e. The standard InChI is InChI=1S/C9H13N3O3/c1-3-15-7-5-4-6(8(10)12-13)11-9(7)14-2/h4-5,13H,3H2,1-2H3,(H2,10,12)/p+1. The fourth-order valence-electron chi connectivity index (χ4n) is 1.08. The highest BCUT2D eigenvalue weighted by Gasteiger charge is 2.16. The predicted octanol–water partition coefficient (Wildman–Crippen LogP) is 0.00250. The first-order valence-corrected chi connectivity index (χ1v) is 4.44. The van der Waals surface area contributed by atoms with Gasteiger partial charge in [-0.15, -0.1) is 0 Å². The number of hydrogen-bond acceptors (Lipinski definition) is 4. The third-order valence-electron chi connectivity index (χ3n) is 1.76. The summed E-state index contributed by atoms with van der Waals surface area (Å²) in [5.74, 6) is 0.992. The van der Waals surface area contributed by atoms with Gasteiger partial charge in [-0.3, -0.25) is 0 Å². The molecule has 4 N–H and O–H groups in total. The maximum atomic E-state index is 8.50. The number of ether oxygens (including phenoxy) is 2. The Balaban J connectivity index is 3.07. The summed E-state index contributed by atoms with van der Waals surface area (Å²) in [6.07, 6.45) is 0. The Morgan fingerprint density at radius 3 is 2.87 bits per heavy atom. The molecule has 0 spiro atoms. The van der Waals surface area contributed by atoms with Crippen molar-refractivity contribution in [2.75, 3.05) is 13.7 Å². The van der Waals surface area contributed by atoms with E-state index in [1.165, 1.54) is 7.11 Å². The molecule has 0 aliphatic rings. The first-order valence-electron chi connectivity index (χ1n) is 4.44. The highest BCUT2D eigenvalue weighted by Crippen LogP contribution is 2.20. The van der Waals surface area contributed by atoms with Crippen molar-refractivity contribution < 1.29 is 19.7 Å². The van der Waals surface area contributed by atoms with Crippen LogP contribution in [0.5, 0.6) is 11.6 Å². The van der Waals surface area contributed by atoms with Crippen molar-refractivity contribution in [3.63, 3.8) is 0 Å². The smallest absolute Gasteiger partial charge is 0.410 e. The molecule has 15 heavy (non-hydrogen) atoms. The number of nitrogens with zero attached hydrogens (tertiary/aromatic N) is 1. The molecule has 1 aromatic heterocycles. The zero-order chi connectivity index (χ0) is 11.3. The number of H-pyrrole nitrogens is 1. The Labute approximate surface area is 87.3 Å². The van der Waals surface area contributed by atoms with Gasteiger partial charge in [-0.25, -0.2) is 0 Å². The summed E-state index contributed by atoms with van der Waals surface area (Å²) in [7, 11) is 1.50. The molecule has 1 aromatic rings. The molecule has 0 unspecified atom stereocenters. The number of amidine groups is 1. The molecule has 0 atom stereocenters. The van der Waals surface area contributed by atoms with Crippen molar-refractivity contribution >= 4 is 5.84 Å². The molecule has 0 bridgehead atoms. The van der Waals surface area contributed by atoms with Gasteiger partial charge in [0.15, 0.2) is 0 Å². The van der Waals surface area contributed by atoms with Gasteiger partial charge in [0.1, 0.15) is 0 Å². The van der Waals surface area contributed by atoms with Gasteiger partial charge in [-0.05, 0) is 13.0 Å². The lowest BCUT2D eigenvalue weighted by Gasteiger charge is -2.03. The number of aromatic nitrogens is 1. The topological polar surface area (TPSA) is 91.2 Å². The summed E-state index contributed by atoms with van der Waals surface area (Å²) in [5.41, 5.74) is 5.87. The van der Waals surface area contributed by atoms with E-state index in [4.69, 9.17) is 20.4 Å². The Kier molecular flexibility index (Phi) is 3.73. The van der Waals surface area contributed by atoms with Gasteiger partial charge in [0.25, 0.3) is 5.69 Å². The Morgan fingerprint density at radius 2 is 2.33 bits per heavy atom. The molecule has 82 valence electrons. The van der Waals surface area contributed by atoms with E-state index in [0.29, 0.717) is 23.9 Å². The summed E-state index contributed by atoms with van der Waals surface area (Å²) in [5, 5.41) is 11.4. The van der Waals surface area contributed by atoms with E-state index in [1.54, 1.807) is 12.1 Å². The van der Waals surface area contributed by atoms with Gasteiger partial charge in [0.05, 0.1) is 13.7 Å². The number of nitrogens with one attached hydrogen (secondary N) is 1. The number of oxime groups is 1. The van der Waals surface area contributed by atoms with Gasteiger partial charge in [-0.2, -0.15) is 4.98 Å². The van der Waals surface area contributed by atoms with E-state index in [9.17, 15) is 0 Å². The van der Waals surface area contributed by atoms with Crippen LogP contribution in [0, 0.1) is 0 Å². The second kappa shape index (κ2) is 5.04. The molecule has 0 radical (unpaired) electrons. The number of methoxy groups -OCH3 is 1. The quantitative estimate of drug-likeness (QED) is 0.318. The molecule has 0 fully saturated rings. The highest BCUT2D eigenvalue weighted by atomic mass is 16.5. The normalized spacial score (nSPS) is 11.2. The van der Waals surface area contributed by atoms with Crippen LogP contribution in [0.1, 0.15) is 12.6 Å². The summed E-state index contributed by atoms with van der Waals surface area (Å²) in [4.78, 5) is 2.84. The zero-order valence-electron chi connectivity index (χ0n) is 8.65. The van der Waals surface area contributed by atoms with Crippen molar-refractivity contribution in [3.8, 4) is 11.6 Å². The van der Waals surface area contributed by atoms with E-state index in [0.717, 1.165) is 0 Å². The lowest BCUT2D eigenvalue weighted by atomic mass is 10.3. The average molecular weight is 212 g/mol. The van der Waals surface area contributed by atoms with E-state index < -0.39 is 0 Å². The van der Waals surface area contributed by atoms with E-state index >= 15 is 0 Å². The number of aromatic amines is 1. The SMILES string of the molecule is CCOc1ccc(/C(N)=N/O)[nH+]c1OC. The molecule has 6 nitrogen and oxygen atoms in total. The van der Waals surface area contributed by atoms with Gasteiger partial charge >= 0.3 is 5.88 Å². The van der Waals surface area contributed by atoms with Crippen molar-refractivity contribution in [1.29, 1.82) is 0 Å². The lowest BCUT2D eigenvalue weighted by molar-refractivity contribution is -0.396. The van der Waals surface area contributed by atoms with Gasteiger partial charge in [0.2, 0.25) is 11.6 Å². The molecule has 0 amide bonds. The number of rotatable bonds is 4. The number of pyridine rings is 1. The lowest BCUT2D eigenvalue weighted by Crippen LogP contribution is -2.25. The van der Waals surface area contributed by atoms with Gasteiger partial charge < -0.3 is 20.4 Å². The van der Waals surface area contributed by atoms with Crippen LogP contribution in [0.3, 0.4) is 0 Å². The maximum absolute atomic E-state index is 8.50. The summed E-state index contributed by atoms with van der Waals surface area (Å²) >= 11 is 0. The fraction of sp³-hybridized carbons (Fsp3) is 0.333. The first-order chi connectivity index (χ1) is 7.22. The van der Waals surface area contributed by atoms with Crippen LogP contribution in [0.15, 0.2) is 17.3 Å². The molecule has 0 aliphatic carbocycles. The number of nitrogens with two attached hydrogens (primary N) is 1. The number of hydrogen-bond donors (Lipinski definition) is 2. The minimum absolute atomic E-state index is 0.0173. The molecule has 0 aliphatic heterocycles. The van der Waals surface area contributed by atoms with Crippen LogP contribution in [0.4, 0.5) is 0 Å². The van der Waals surface area contributed by atoms with E-state index in [2.05, 4.69) is 10.1 Å². The van der Waals surface area contributed by atoms with E-state index in [-0.39, 0.29) is 5.84 Å². The Bertz CT molecular complexity index is 366. The van der Waals surface area contributed by atoms with E-state index in [1.807, 2.05) is 6.92 Å². The van der Waals surface area contributed by atoms with Crippen LogP contribution in [-0.4, -0.2) is 24.8 Å². The third-order valence-corrected chi connectivity index (χ3v) is 1.76. The van der Waals surface area contributed by atoms with Crippen molar-refractivity contribution in [2.45, 2.75) is 6.92 Å². The predicted molar refractivity (Wildman–Crippen MR) is 53.2 cm³/mol. The molecule has 1 rings (SSSR count).